The Balaban J connectivity index is 1.66. The molecule has 0 fully saturated rings. The van der Waals surface area contributed by atoms with Gasteiger partial charge in [-0.15, -0.1) is 0 Å². The fraction of sp³-hybridized carbons (Fsp3) is 0.304. The molecule has 160 valence electrons. The molecule has 0 aliphatic heterocycles. The minimum Gasteiger partial charge on any atom is -0.466 e. The van der Waals surface area contributed by atoms with Crippen molar-refractivity contribution in [3.05, 3.63) is 60.8 Å². The second-order valence-corrected chi connectivity index (χ2v) is 7.65. The van der Waals surface area contributed by atoms with Crippen LogP contribution in [0.2, 0.25) is 0 Å². The summed E-state index contributed by atoms with van der Waals surface area (Å²) in [7, 11) is 2.08. The van der Waals surface area contributed by atoms with E-state index in [4.69, 9.17) is 9.72 Å². The number of rotatable bonds is 7. The van der Waals surface area contributed by atoms with Gasteiger partial charge in [-0.2, -0.15) is 5.10 Å². The van der Waals surface area contributed by atoms with E-state index in [1.165, 1.54) is 0 Å². The third-order valence-corrected chi connectivity index (χ3v) is 5.23. The van der Waals surface area contributed by atoms with Crippen molar-refractivity contribution in [1.29, 1.82) is 0 Å². The first-order valence-electron chi connectivity index (χ1n) is 10.3. The van der Waals surface area contributed by atoms with Crippen molar-refractivity contribution in [3.63, 3.8) is 0 Å². The van der Waals surface area contributed by atoms with E-state index in [1.807, 2.05) is 29.2 Å². The van der Waals surface area contributed by atoms with E-state index >= 15 is 0 Å². The molecule has 1 aromatic carbocycles. The van der Waals surface area contributed by atoms with Crippen LogP contribution in [0.15, 0.2) is 55.2 Å². The number of carbonyl (C=O) groups excluding carboxylic acids is 1. The highest BCUT2D eigenvalue weighted by Crippen LogP contribution is 2.24. The second kappa shape index (κ2) is 8.59. The number of benzene rings is 1. The lowest BCUT2D eigenvalue weighted by Gasteiger charge is -2.23. The fourth-order valence-corrected chi connectivity index (χ4v) is 3.35. The average Bonchev–Trinajstić information content (AvgIpc) is 3.40. The van der Waals surface area contributed by atoms with Crippen LogP contribution in [-0.2, 0) is 16.0 Å². The van der Waals surface area contributed by atoms with Gasteiger partial charge in [-0.3, -0.25) is 9.78 Å². The lowest BCUT2D eigenvalue weighted by molar-refractivity contribution is -0.142. The van der Waals surface area contributed by atoms with E-state index in [1.54, 1.807) is 24.0 Å². The van der Waals surface area contributed by atoms with Gasteiger partial charge in [0, 0.05) is 36.6 Å². The fourth-order valence-electron chi connectivity index (χ4n) is 3.35. The van der Waals surface area contributed by atoms with Crippen molar-refractivity contribution in [3.8, 4) is 11.6 Å². The molecule has 0 unspecified atom stereocenters. The van der Waals surface area contributed by atoms with Crippen molar-refractivity contribution >= 4 is 22.6 Å². The number of hydrogen-bond donors (Lipinski definition) is 0. The molecule has 0 N–H and O–H groups in total. The summed E-state index contributed by atoms with van der Waals surface area (Å²) in [6.45, 7) is 6.49. The minimum absolute atomic E-state index is 0.226. The number of carbonyl (C=O) groups is 1. The first-order chi connectivity index (χ1) is 15.0. The monoisotopic (exact) mass is 418 g/mol. The van der Waals surface area contributed by atoms with Crippen LogP contribution in [0.4, 0.5) is 5.69 Å². The Morgan fingerprint density at radius 2 is 1.97 bits per heavy atom. The first kappa shape index (κ1) is 20.6. The molecule has 4 aromatic rings. The van der Waals surface area contributed by atoms with Gasteiger partial charge >= 0.3 is 5.97 Å². The molecule has 8 nitrogen and oxygen atoms in total. The third kappa shape index (κ3) is 4.28. The number of fused-ring (bicyclic) bond motifs is 1. The summed E-state index contributed by atoms with van der Waals surface area (Å²) in [6, 6.07) is 8.54. The lowest BCUT2D eigenvalue weighted by Crippen LogP contribution is -2.25. The number of esters is 1. The number of hydrogen-bond acceptors (Lipinski definition) is 6. The maximum Gasteiger partial charge on any atom is 0.310 e. The highest BCUT2D eigenvalue weighted by molar-refractivity contribution is 5.83. The molecule has 4 rings (SSSR count). The quantitative estimate of drug-likeness (QED) is 0.427. The Labute approximate surface area is 181 Å². The van der Waals surface area contributed by atoms with Crippen LogP contribution in [0, 0.1) is 0 Å². The maximum atomic E-state index is 11.7. The highest BCUT2D eigenvalue weighted by Gasteiger charge is 2.12. The van der Waals surface area contributed by atoms with Crippen molar-refractivity contribution in [1.82, 2.24) is 24.3 Å². The number of ether oxygens (including phenoxy) is 1. The summed E-state index contributed by atoms with van der Waals surface area (Å²) in [6.07, 6.45) is 9.15. The number of aromatic nitrogens is 5. The normalized spacial score (nSPS) is 11.3. The van der Waals surface area contributed by atoms with Crippen LogP contribution in [0.25, 0.3) is 22.5 Å². The van der Waals surface area contributed by atoms with E-state index in [0.717, 1.165) is 22.2 Å². The Morgan fingerprint density at radius 3 is 2.74 bits per heavy atom. The van der Waals surface area contributed by atoms with Gasteiger partial charge in [0.15, 0.2) is 11.6 Å². The van der Waals surface area contributed by atoms with Gasteiger partial charge in [-0.25, -0.2) is 9.67 Å². The summed E-state index contributed by atoms with van der Waals surface area (Å²) in [5.74, 6) is 1.02. The molecule has 0 spiro atoms. The van der Waals surface area contributed by atoms with Gasteiger partial charge in [0.1, 0.15) is 0 Å². The molecule has 0 radical (unpaired) electrons. The summed E-state index contributed by atoms with van der Waals surface area (Å²) < 4.78 is 8.66. The van der Waals surface area contributed by atoms with Crippen molar-refractivity contribution in [2.24, 2.45) is 0 Å². The zero-order valence-corrected chi connectivity index (χ0v) is 18.2. The maximum absolute atomic E-state index is 11.7. The smallest absolute Gasteiger partial charge is 0.310 e. The van der Waals surface area contributed by atoms with E-state index < -0.39 is 0 Å². The number of nitrogens with zero attached hydrogens (tertiary/aromatic N) is 6. The van der Waals surface area contributed by atoms with Gasteiger partial charge in [0.25, 0.3) is 0 Å². The minimum atomic E-state index is -0.245. The molecule has 8 heteroatoms. The van der Waals surface area contributed by atoms with Gasteiger partial charge in [-0.05, 0) is 50.6 Å². The highest BCUT2D eigenvalue weighted by atomic mass is 16.5. The molecule has 0 aliphatic rings. The molecule has 31 heavy (non-hydrogen) atoms. The summed E-state index contributed by atoms with van der Waals surface area (Å²) in [5.41, 5.74) is 2.94. The van der Waals surface area contributed by atoms with E-state index in [-0.39, 0.29) is 12.4 Å². The van der Waals surface area contributed by atoms with E-state index in [2.05, 4.69) is 54.1 Å². The molecular formula is C23H26N6O2. The predicted octanol–water partition coefficient (Wildman–Crippen LogP) is 3.56. The Hall–Kier alpha value is -3.68. The molecular weight excluding hydrogens is 392 g/mol. The molecule has 0 saturated heterocycles. The molecule has 3 heterocycles. The number of anilines is 1. The van der Waals surface area contributed by atoms with Crippen LogP contribution in [0.3, 0.4) is 0 Å². The zero-order chi connectivity index (χ0) is 22.0. The van der Waals surface area contributed by atoms with Gasteiger partial charge in [-0.1, -0.05) is 0 Å². The summed E-state index contributed by atoms with van der Waals surface area (Å²) >= 11 is 0. The Morgan fingerprint density at radius 1 is 1.16 bits per heavy atom. The largest absolute Gasteiger partial charge is 0.466 e. The second-order valence-electron chi connectivity index (χ2n) is 7.65. The Bertz CT molecular complexity index is 1210. The van der Waals surface area contributed by atoms with Crippen molar-refractivity contribution in [2.75, 3.05) is 18.6 Å². The summed E-state index contributed by atoms with van der Waals surface area (Å²) in [5, 5.41) is 5.57. The molecule has 0 bridgehead atoms. The van der Waals surface area contributed by atoms with Gasteiger partial charge in [0.2, 0.25) is 0 Å². The SMILES string of the molecule is CCOC(=O)Cc1ccn(-c2cncc(-n3ncc4ccc(N(C)C(C)C)cc43)n2)c1. The van der Waals surface area contributed by atoms with Gasteiger partial charge in [0.05, 0.1) is 37.1 Å². The van der Waals surface area contributed by atoms with Crippen LogP contribution in [0.5, 0.6) is 0 Å². The lowest BCUT2D eigenvalue weighted by atomic mass is 10.2. The summed E-state index contributed by atoms with van der Waals surface area (Å²) in [4.78, 5) is 23.1. The van der Waals surface area contributed by atoms with Crippen LogP contribution in [0.1, 0.15) is 26.3 Å². The molecule has 3 aromatic heterocycles. The average molecular weight is 419 g/mol. The van der Waals surface area contributed by atoms with Crippen LogP contribution < -0.4 is 4.90 Å². The molecule has 0 aliphatic carbocycles. The van der Waals surface area contributed by atoms with Gasteiger partial charge < -0.3 is 14.2 Å². The third-order valence-electron chi connectivity index (χ3n) is 5.23. The standard InChI is InChI=1S/C23H26N6O2/c1-5-31-23(30)10-17-8-9-28(15-17)21-13-24-14-22(26-21)29-20-11-19(27(4)16(2)3)7-6-18(20)12-25-29/h6-9,11-16H,5,10H2,1-4H3. The molecule has 0 amide bonds. The van der Waals surface area contributed by atoms with Crippen LogP contribution >= 0.6 is 0 Å². The predicted molar refractivity (Wildman–Crippen MR) is 120 cm³/mol. The zero-order valence-electron chi connectivity index (χ0n) is 18.2. The molecule has 0 saturated carbocycles. The van der Waals surface area contributed by atoms with Crippen molar-refractivity contribution in [2.45, 2.75) is 33.2 Å². The van der Waals surface area contributed by atoms with E-state index in [0.29, 0.717) is 24.3 Å². The van der Waals surface area contributed by atoms with E-state index in [9.17, 15) is 4.79 Å². The first-order valence-corrected chi connectivity index (χ1v) is 10.3. The molecule has 0 atom stereocenters. The topological polar surface area (TPSA) is 78.1 Å². The van der Waals surface area contributed by atoms with Crippen LogP contribution in [-0.4, -0.2) is 50.0 Å². The van der Waals surface area contributed by atoms with Crippen molar-refractivity contribution < 1.29 is 9.53 Å². The Kier molecular flexibility index (Phi) is 5.70.